The van der Waals surface area contributed by atoms with Gasteiger partial charge in [0.2, 0.25) is 0 Å². The van der Waals surface area contributed by atoms with Gasteiger partial charge < -0.3 is 14.6 Å². The molecule has 2 N–H and O–H groups in total. The number of hydrogen-bond donors (Lipinski definition) is 2. The SMILES string of the molecule is O=C(O)O.O=c1ccc2ccccc2o1. The summed E-state index contributed by atoms with van der Waals surface area (Å²) in [5, 5.41) is 14.9. The molecule has 0 atom stereocenters. The Morgan fingerprint density at radius 2 is 1.67 bits per heavy atom. The summed E-state index contributed by atoms with van der Waals surface area (Å²) in [6.45, 7) is 0. The molecule has 0 unspecified atom stereocenters. The molecule has 5 nitrogen and oxygen atoms in total. The van der Waals surface area contributed by atoms with E-state index in [0.29, 0.717) is 5.58 Å². The number of benzene rings is 1. The summed E-state index contributed by atoms with van der Waals surface area (Å²) in [5.74, 6) is 0. The van der Waals surface area contributed by atoms with Gasteiger partial charge in [-0.25, -0.2) is 9.59 Å². The molecule has 2 aromatic rings. The van der Waals surface area contributed by atoms with Crippen LogP contribution in [0.3, 0.4) is 0 Å². The summed E-state index contributed by atoms with van der Waals surface area (Å²) >= 11 is 0. The van der Waals surface area contributed by atoms with Gasteiger partial charge in [0.15, 0.2) is 0 Å². The molecule has 0 aliphatic heterocycles. The van der Waals surface area contributed by atoms with Crippen LogP contribution in [0.4, 0.5) is 4.79 Å². The van der Waals surface area contributed by atoms with Crippen LogP contribution in [0.5, 0.6) is 0 Å². The van der Waals surface area contributed by atoms with Crippen LogP contribution < -0.4 is 5.63 Å². The van der Waals surface area contributed by atoms with E-state index in [9.17, 15) is 4.79 Å². The van der Waals surface area contributed by atoms with Gasteiger partial charge in [0.05, 0.1) is 0 Å². The summed E-state index contributed by atoms with van der Waals surface area (Å²) in [7, 11) is 0. The molecule has 0 saturated carbocycles. The first-order valence-corrected chi connectivity index (χ1v) is 4.00. The zero-order valence-electron chi connectivity index (χ0n) is 7.58. The highest BCUT2D eigenvalue weighted by Crippen LogP contribution is 2.08. The second kappa shape index (κ2) is 4.80. The average Bonchev–Trinajstić information content (AvgIpc) is 2.16. The lowest BCUT2D eigenvalue weighted by molar-refractivity contribution is 0.137. The predicted molar refractivity (Wildman–Crippen MR) is 53.1 cm³/mol. The lowest BCUT2D eigenvalue weighted by Crippen LogP contribution is -1.93. The second-order valence-electron chi connectivity index (χ2n) is 2.57. The van der Waals surface area contributed by atoms with Crippen molar-refractivity contribution in [3.8, 4) is 0 Å². The highest BCUT2D eigenvalue weighted by molar-refractivity contribution is 5.75. The van der Waals surface area contributed by atoms with Crippen LogP contribution in [0.1, 0.15) is 0 Å². The minimum atomic E-state index is -1.83. The van der Waals surface area contributed by atoms with E-state index >= 15 is 0 Å². The summed E-state index contributed by atoms with van der Waals surface area (Å²) in [6, 6.07) is 10.6. The van der Waals surface area contributed by atoms with Crippen molar-refractivity contribution < 1.29 is 19.4 Å². The number of fused-ring (bicyclic) bond motifs is 1. The summed E-state index contributed by atoms with van der Waals surface area (Å²) in [5.41, 5.74) is 0.337. The van der Waals surface area contributed by atoms with E-state index in [2.05, 4.69) is 0 Å². The van der Waals surface area contributed by atoms with Crippen LogP contribution in [0.25, 0.3) is 11.0 Å². The van der Waals surface area contributed by atoms with Crippen molar-refractivity contribution in [2.75, 3.05) is 0 Å². The molecule has 0 bridgehead atoms. The molecule has 0 aliphatic rings. The molecule has 0 amide bonds. The first-order chi connectivity index (χ1) is 7.09. The third kappa shape index (κ3) is 3.51. The van der Waals surface area contributed by atoms with E-state index in [-0.39, 0.29) is 5.63 Å². The minimum absolute atomic E-state index is 0.302. The Morgan fingerprint density at radius 1 is 1.07 bits per heavy atom. The number of para-hydroxylation sites is 1. The van der Waals surface area contributed by atoms with Crippen molar-refractivity contribution in [1.29, 1.82) is 0 Å². The van der Waals surface area contributed by atoms with E-state index in [1.54, 1.807) is 12.1 Å². The quantitative estimate of drug-likeness (QED) is 0.646. The zero-order valence-corrected chi connectivity index (χ0v) is 7.58. The van der Waals surface area contributed by atoms with E-state index < -0.39 is 6.16 Å². The Morgan fingerprint density at radius 3 is 2.33 bits per heavy atom. The molecule has 0 radical (unpaired) electrons. The van der Waals surface area contributed by atoms with Crippen LogP contribution in [-0.4, -0.2) is 16.4 Å². The Labute approximate surface area is 84.2 Å². The van der Waals surface area contributed by atoms with Crippen LogP contribution >= 0.6 is 0 Å². The molecule has 78 valence electrons. The van der Waals surface area contributed by atoms with Gasteiger partial charge in [-0.15, -0.1) is 0 Å². The summed E-state index contributed by atoms with van der Waals surface area (Å²) in [4.78, 5) is 19.3. The maximum absolute atomic E-state index is 10.7. The topological polar surface area (TPSA) is 87.7 Å². The lowest BCUT2D eigenvalue weighted by atomic mass is 10.2. The first-order valence-electron chi connectivity index (χ1n) is 4.00. The predicted octanol–water partition coefficient (Wildman–Crippen LogP) is 2.02. The molecule has 15 heavy (non-hydrogen) atoms. The average molecular weight is 208 g/mol. The third-order valence-electron chi connectivity index (χ3n) is 1.53. The first kappa shape index (κ1) is 10.8. The molecule has 0 spiro atoms. The molecular formula is C10H8O5. The molecule has 2 rings (SSSR count). The van der Waals surface area contributed by atoms with E-state index in [1.807, 2.05) is 18.2 Å². The molecule has 1 aromatic heterocycles. The van der Waals surface area contributed by atoms with Gasteiger partial charge >= 0.3 is 11.8 Å². The van der Waals surface area contributed by atoms with Gasteiger partial charge in [-0.3, -0.25) is 0 Å². The largest absolute Gasteiger partial charge is 0.503 e. The van der Waals surface area contributed by atoms with Gasteiger partial charge in [0.25, 0.3) is 0 Å². The zero-order chi connectivity index (χ0) is 11.3. The van der Waals surface area contributed by atoms with E-state index in [0.717, 1.165) is 5.39 Å². The number of hydrogen-bond acceptors (Lipinski definition) is 3. The fourth-order valence-corrected chi connectivity index (χ4v) is 1.01. The lowest BCUT2D eigenvalue weighted by Gasteiger charge is -1.91. The Hall–Kier alpha value is -2.30. The fraction of sp³-hybridized carbons (Fsp3) is 0. The van der Waals surface area contributed by atoms with E-state index in [4.69, 9.17) is 19.4 Å². The normalized spacial score (nSPS) is 9.07. The maximum atomic E-state index is 10.7. The number of rotatable bonds is 0. The molecule has 0 fully saturated rings. The van der Waals surface area contributed by atoms with Crippen LogP contribution in [0.2, 0.25) is 0 Å². The Balaban J connectivity index is 0.000000245. The minimum Gasteiger partial charge on any atom is -0.450 e. The van der Waals surface area contributed by atoms with Gasteiger partial charge in [-0.05, 0) is 12.1 Å². The molecule has 0 saturated heterocycles. The molecule has 1 aromatic carbocycles. The number of carboxylic acid groups (broad SMARTS) is 2. The van der Waals surface area contributed by atoms with Crippen molar-refractivity contribution >= 4 is 17.1 Å². The third-order valence-corrected chi connectivity index (χ3v) is 1.53. The molecule has 5 heteroatoms. The van der Waals surface area contributed by atoms with Gasteiger partial charge in [-0.2, -0.15) is 0 Å². The van der Waals surface area contributed by atoms with Gasteiger partial charge in [-0.1, -0.05) is 18.2 Å². The summed E-state index contributed by atoms with van der Waals surface area (Å²) in [6.07, 6.45) is -1.83. The fourth-order valence-electron chi connectivity index (χ4n) is 1.01. The monoisotopic (exact) mass is 208 g/mol. The highest BCUT2D eigenvalue weighted by Gasteiger charge is 1.92. The van der Waals surface area contributed by atoms with Crippen molar-refractivity contribution in [2.24, 2.45) is 0 Å². The molecule has 1 heterocycles. The van der Waals surface area contributed by atoms with Crippen molar-refractivity contribution in [2.45, 2.75) is 0 Å². The van der Waals surface area contributed by atoms with Gasteiger partial charge in [0.1, 0.15) is 5.58 Å². The smallest absolute Gasteiger partial charge is 0.450 e. The molecular weight excluding hydrogens is 200 g/mol. The molecule has 0 aliphatic carbocycles. The van der Waals surface area contributed by atoms with Crippen molar-refractivity contribution in [3.05, 3.63) is 46.8 Å². The Bertz CT molecular complexity index is 510. The Kier molecular flexibility index (Phi) is 3.45. The van der Waals surface area contributed by atoms with Gasteiger partial charge in [0, 0.05) is 11.5 Å². The standard InChI is InChI=1S/C9H6O2.CH2O3/c10-9-6-5-7-3-1-2-4-8(7)11-9;2-1(3)4/h1-6H;(H2,2,3,4). The number of carbonyl (C=O) groups is 1. The van der Waals surface area contributed by atoms with Crippen LogP contribution in [-0.2, 0) is 0 Å². The van der Waals surface area contributed by atoms with E-state index in [1.165, 1.54) is 6.07 Å². The van der Waals surface area contributed by atoms with Crippen molar-refractivity contribution in [1.82, 2.24) is 0 Å². The van der Waals surface area contributed by atoms with Crippen molar-refractivity contribution in [3.63, 3.8) is 0 Å². The second-order valence-corrected chi connectivity index (χ2v) is 2.57. The van der Waals surface area contributed by atoms with Crippen LogP contribution in [0.15, 0.2) is 45.6 Å². The maximum Gasteiger partial charge on any atom is 0.503 e. The highest BCUT2D eigenvalue weighted by atomic mass is 16.6. The van der Waals surface area contributed by atoms with Crippen LogP contribution in [0, 0.1) is 0 Å². The summed E-state index contributed by atoms with van der Waals surface area (Å²) < 4.78 is 4.91.